The first-order valence-electron chi connectivity index (χ1n) is 18.5. The minimum atomic E-state index is -3.67. The van der Waals surface area contributed by atoms with Crippen molar-refractivity contribution in [1.82, 2.24) is 39.9 Å². The van der Waals surface area contributed by atoms with E-state index in [1.54, 1.807) is 19.2 Å². The number of nitrogens with zero attached hydrogens (tertiary/aromatic N) is 7. The predicted octanol–water partition coefficient (Wildman–Crippen LogP) is 6.46. The van der Waals surface area contributed by atoms with Crippen LogP contribution in [0.5, 0.6) is 11.5 Å². The Hall–Kier alpha value is -5.98. The second-order valence-electron chi connectivity index (χ2n) is 14.4. The summed E-state index contributed by atoms with van der Waals surface area (Å²) in [6, 6.07) is 9.98. The third kappa shape index (κ3) is 13.8. The fourth-order valence-electron chi connectivity index (χ4n) is 4.99. The van der Waals surface area contributed by atoms with E-state index in [0.717, 1.165) is 33.8 Å². The van der Waals surface area contributed by atoms with Crippen LogP contribution in [0.15, 0.2) is 71.8 Å². The van der Waals surface area contributed by atoms with Gasteiger partial charge >= 0.3 is 12.1 Å². The van der Waals surface area contributed by atoms with Crippen LogP contribution in [-0.4, -0.2) is 82.0 Å². The number of carbonyl (C=O) groups excluding carboxylic acids is 2. The maximum absolute atomic E-state index is 12.5. The number of aromatic amines is 1. The van der Waals surface area contributed by atoms with Crippen LogP contribution in [-0.2, 0) is 38.2 Å². The standard InChI is InChI=1S/C19H24N6O4S2.C18H22N6O4S2/c1-12(2)9-29-16-7-13(3)5-6-15(16)22-17(26)23-18-20-8-14(30-18)10-31(27,28)19-24-21-11-25(19)4;1-11(2)8-28-15-6-12(3)4-5-14(15)22-16(25)23-17-19-7-13(29-17)9-30(26,27)18-20-10-21-24-18/h5-8,11-12H,9-10H2,1-4H3,(H2,20,22,23,26);4-7,10-11H,8-9H2,1-3H3,(H,20,21,24)(H2,19,22,23,25). The summed E-state index contributed by atoms with van der Waals surface area (Å²) in [7, 11) is -5.78. The zero-order valence-electron chi connectivity index (χ0n) is 34.3. The molecule has 5 N–H and O–H groups in total. The first-order chi connectivity index (χ1) is 28.9. The van der Waals surface area contributed by atoms with Crippen LogP contribution in [0.4, 0.5) is 31.2 Å². The van der Waals surface area contributed by atoms with Crippen molar-refractivity contribution in [2.75, 3.05) is 34.5 Å². The second kappa shape index (κ2) is 20.5. The topological polar surface area (TPSA) is 267 Å². The summed E-state index contributed by atoms with van der Waals surface area (Å²) >= 11 is 2.13. The van der Waals surface area contributed by atoms with Gasteiger partial charge in [-0.1, -0.05) is 39.8 Å². The summed E-state index contributed by atoms with van der Waals surface area (Å²) < 4.78 is 62.4. The molecule has 24 heteroatoms. The Morgan fingerprint density at radius 1 is 0.721 bits per heavy atom. The van der Waals surface area contributed by atoms with Gasteiger partial charge in [0.2, 0.25) is 30.0 Å². The molecule has 0 saturated heterocycles. The molecule has 0 atom stereocenters. The normalized spacial score (nSPS) is 11.5. The van der Waals surface area contributed by atoms with E-state index in [0.29, 0.717) is 57.7 Å². The molecule has 6 aromatic rings. The Morgan fingerprint density at radius 3 is 1.64 bits per heavy atom. The van der Waals surface area contributed by atoms with Gasteiger partial charge in [-0.2, -0.15) is 0 Å². The average molecular weight is 915 g/mol. The molecular formula is C37H46N12O8S4. The van der Waals surface area contributed by atoms with Gasteiger partial charge in [0.15, 0.2) is 10.3 Å². The van der Waals surface area contributed by atoms with E-state index in [-0.39, 0.29) is 32.1 Å². The van der Waals surface area contributed by atoms with Crippen LogP contribution >= 0.6 is 22.7 Å². The quantitative estimate of drug-likeness (QED) is 0.0698. The summed E-state index contributed by atoms with van der Waals surface area (Å²) in [5, 5.41) is 25.2. The van der Waals surface area contributed by atoms with Gasteiger partial charge in [0.05, 0.1) is 36.1 Å². The monoisotopic (exact) mass is 914 g/mol. The van der Waals surface area contributed by atoms with Crippen molar-refractivity contribution >= 4 is 76.0 Å². The summed E-state index contributed by atoms with van der Waals surface area (Å²) in [6.45, 7) is 13.1. The number of aromatic nitrogens is 8. The maximum atomic E-state index is 12.5. The number of sulfone groups is 2. The molecular weight excluding hydrogens is 869 g/mol. The lowest BCUT2D eigenvalue weighted by Gasteiger charge is -2.14. The fraction of sp³-hybridized carbons (Fsp3) is 0.351. The molecule has 0 aliphatic rings. The minimum absolute atomic E-state index is 0.124. The lowest BCUT2D eigenvalue weighted by atomic mass is 10.2. The van der Waals surface area contributed by atoms with Crippen LogP contribution in [0, 0.1) is 25.7 Å². The van der Waals surface area contributed by atoms with E-state index in [1.807, 2.05) is 65.8 Å². The second-order valence-corrected chi connectivity index (χ2v) is 20.4. The Balaban J connectivity index is 0.000000231. The number of thiazole rings is 2. The molecule has 0 spiro atoms. The van der Waals surface area contributed by atoms with Gasteiger partial charge < -0.3 is 29.7 Å². The third-order valence-corrected chi connectivity index (χ3v) is 13.1. The number of rotatable bonds is 16. The predicted molar refractivity (Wildman–Crippen MR) is 232 cm³/mol. The molecule has 0 aliphatic heterocycles. The Kier molecular flexibility index (Phi) is 15.5. The van der Waals surface area contributed by atoms with E-state index in [1.165, 1.54) is 29.6 Å². The highest BCUT2D eigenvalue weighted by Gasteiger charge is 2.23. The molecule has 4 heterocycles. The van der Waals surface area contributed by atoms with Crippen molar-refractivity contribution in [3.63, 3.8) is 0 Å². The fourth-order valence-corrected chi connectivity index (χ4v) is 9.82. The van der Waals surface area contributed by atoms with E-state index >= 15 is 0 Å². The summed E-state index contributed by atoms with van der Waals surface area (Å²) in [5.41, 5.74) is 3.09. The van der Waals surface area contributed by atoms with Crippen molar-refractivity contribution in [2.24, 2.45) is 18.9 Å². The number of urea groups is 2. The Bertz CT molecular complexity index is 2640. The third-order valence-electron chi connectivity index (χ3n) is 7.76. The van der Waals surface area contributed by atoms with Gasteiger partial charge in [0, 0.05) is 29.2 Å². The molecule has 2 aromatic carbocycles. The highest BCUT2D eigenvalue weighted by Crippen LogP contribution is 2.29. The van der Waals surface area contributed by atoms with E-state index in [9.17, 15) is 26.4 Å². The van der Waals surface area contributed by atoms with Crippen molar-refractivity contribution in [1.29, 1.82) is 0 Å². The zero-order chi connectivity index (χ0) is 44.3. The number of hydrogen-bond donors (Lipinski definition) is 5. The van der Waals surface area contributed by atoms with Crippen molar-refractivity contribution in [3.8, 4) is 11.5 Å². The molecule has 0 fully saturated rings. The summed E-state index contributed by atoms with van der Waals surface area (Å²) in [6.07, 6.45) is 5.33. The van der Waals surface area contributed by atoms with Gasteiger partial charge in [0.1, 0.15) is 24.2 Å². The molecule has 6 rings (SSSR count). The SMILES string of the molecule is Cc1ccc(NC(=O)Nc2ncc(CS(=O)(=O)c3nnc[nH]3)s2)c(OCC(C)C)c1.Cc1ccc(NC(=O)Nc2ncc(CS(=O)(=O)c3nncn3C)s2)c(OCC(C)C)c1. The molecule has 0 unspecified atom stereocenters. The van der Waals surface area contributed by atoms with Gasteiger partial charge in [-0.25, -0.2) is 36.4 Å². The molecule has 0 radical (unpaired) electrons. The van der Waals surface area contributed by atoms with Crippen LogP contribution in [0.1, 0.15) is 48.6 Å². The number of nitrogens with one attached hydrogen (secondary N) is 5. The lowest BCUT2D eigenvalue weighted by molar-refractivity contribution is 0.260. The summed E-state index contributed by atoms with van der Waals surface area (Å²) in [4.78, 5) is 36.4. The van der Waals surface area contributed by atoms with Crippen molar-refractivity contribution in [3.05, 3.63) is 82.3 Å². The van der Waals surface area contributed by atoms with E-state index in [2.05, 4.69) is 56.6 Å². The lowest BCUT2D eigenvalue weighted by Crippen LogP contribution is -2.20. The number of H-pyrrole nitrogens is 1. The van der Waals surface area contributed by atoms with Crippen LogP contribution in [0.3, 0.4) is 0 Å². The number of anilines is 4. The number of aryl methyl sites for hydroxylation is 3. The van der Waals surface area contributed by atoms with Crippen molar-refractivity contribution in [2.45, 2.75) is 63.4 Å². The average Bonchev–Trinajstić information content (AvgIpc) is 4.02. The van der Waals surface area contributed by atoms with Gasteiger partial charge in [-0.3, -0.25) is 10.6 Å². The number of benzene rings is 2. The molecule has 61 heavy (non-hydrogen) atoms. The number of amides is 4. The molecule has 326 valence electrons. The molecule has 0 bridgehead atoms. The highest BCUT2D eigenvalue weighted by atomic mass is 32.2. The first-order valence-corrected chi connectivity index (χ1v) is 23.5. The number of ether oxygens (including phenoxy) is 2. The van der Waals surface area contributed by atoms with Crippen LogP contribution in [0.2, 0.25) is 0 Å². The van der Waals surface area contributed by atoms with E-state index in [4.69, 9.17) is 9.47 Å². The maximum Gasteiger partial charge on any atom is 0.325 e. The van der Waals surface area contributed by atoms with Crippen LogP contribution < -0.4 is 30.7 Å². The minimum Gasteiger partial charge on any atom is -0.491 e. The summed E-state index contributed by atoms with van der Waals surface area (Å²) in [5.74, 6) is 1.26. The van der Waals surface area contributed by atoms with Gasteiger partial charge in [-0.15, -0.1) is 43.1 Å². The Morgan fingerprint density at radius 2 is 1.21 bits per heavy atom. The smallest absolute Gasteiger partial charge is 0.325 e. The van der Waals surface area contributed by atoms with Crippen LogP contribution in [0.25, 0.3) is 0 Å². The molecule has 4 aromatic heterocycles. The zero-order valence-corrected chi connectivity index (χ0v) is 37.6. The van der Waals surface area contributed by atoms with Crippen molar-refractivity contribution < 1.29 is 35.9 Å². The van der Waals surface area contributed by atoms with E-state index < -0.39 is 31.7 Å². The molecule has 0 saturated carbocycles. The van der Waals surface area contributed by atoms with Gasteiger partial charge in [-0.05, 0) is 61.1 Å². The first kappa shape index (κ1) is 46.1. The van der Waals surface area contributed by atoms with Gasteiger partial charge in [0.25, 0.3) is 0 Å². The molecule has 20 nitrogen and oxygen atoms in total. The molecule has 4 amide bonds. The number of hydrogen-bond acceptors (Lipinski definition) is 16. The highest BCUT2D eigenvalue weighted by molar-refractivity contribution is 7.90. The largest absolute Gasteiger partial charge is 0.491 e. The molecule has 0 aliphatic carbocycles. The number of carbonyl (C=O) groups is 2. The Labute approximate surface area is 360 Å².